The summed E-state index contributed by atoms with van der Waals surface area (Å²) in [5.41, 5.74) is 2.60. The van der Waals surface area contributed by atoms with Crippen molar-refractivity contribution < 1.29 is 22.7 Å². The lowest BCUT2D eigenvalue weighted by atomic mass is 10.1. The summed E-state index contributed by atoms with van der Waals surface area (Å²) in [5.74, 6) is -0.597. The molecule has 6 nitrogen and oxygen atoms in total. The van der Waals surface area contributed by atoms with E-state index in [9.17, 15) is 18.0 Å². The first kappa shape index (κ1) is 25.4. The van der Waals surface area contributed by atoms with Crippen LogP contribution in [0.4, 0.5) is 18.3 Å². The first-order valence-electron chi connectivity index (χ1n) is 9.83. The molecule has 35 heavy (non-hydrogen) atoms. The van der Waals surface area contributed by atoms with Gasteiger partial charge in [0.2, 0.25) is 5.91 Å². The Balaban J connectivity index is 1.64. The van der Waals surface area contributed by atoms with Crippen LogP contribution in [0.5, 0.6) is 5.75 Å². The number of thioether (sulfide) groups is 1. The highest BCUT2D eigenvalue weighted by Gasteiger charge is 2.31. The average molecular weight is 559 g/mol. The second-order valence-corrected chi connectivity index (χ2v) is 9.68. The summed E-state index contributed by atoms with van der Waals surface area (Å²) in [7, 11) is 0. The fourth-order valence-corrected chi connectivity index (χ4v) is 4.83. The van der Waals surface area contributed by atoms with Gasteiger partial charge in [0.05, 0.1) is 33.4 Å². The summed E-state index contributed by atoms with van der Waals surface area (Å²) >= 11 is 14.7. The Morgan fingerprint density at radius 3 is 2.54 bits per heavy atom. The molecule has 0 saturated heterocycles. The van der Waals surface area contributed by atoms with Crippen molar-refractivity contribution in [1.29, 1.82) is 0 Å². The van der Waals surface area contributed by atoms with Crippen LogP contribution in [0.15, 0.2) is 59.2 Å². The first-order valence-corrected chi connectivity index (χ1v) is 12.5. The van der Waals surface area contributed by atoms with Gasteiger partial charge in [0.25, 0.3) is 0 Å². The number of rotatable bonds is 7. The molecular weight excluding hydrogens is 544 g/mol. The minimum Gasteiger partial charge on any atom is -0.406 e. The molecule has 1 amide bonds. The standard InChI is InChI=1S/C22H15Cl2F3N4O2S2/c1-12-10-34-20(29-12)30-19(32)11-35-21-28-9-18(13-2-7-16(23)17(24)8-13)31(21)14-3-5-15(6-4-14)33-22(25,26)27/h2-10H,11H2,1H3,(H,29,30,32). The van der Waals surface area contributed by atoms with Crippen molar-refractivity contribution in [3.8, 4) is 22.7 Å². The van der Waals surface area contributed by atoms with Gasteiger partial charge in [-0.15, -0.1) is 24.5 Å². The van der Waals surface area contributed by atoms with Gasteiger partial charge >= 0.3 is 6.36 Å². The van der Waals surface area contributed by atoms with Gasteiger partial charge in [0.1, 0.15) is 5.75 Å². The number of carbonyl (C=O) groups is 1. The lowest BCUT2D eigenvalue weighted by Crippen LogP contribution is -2.17. The van der Waals surface area contributed by atoms with E-state index in [0.717, 1.165) is 17.5 Å². The number of thiazole rings is 1. The zero-order chi connectivity index (χ0) is 25.2. The van der Waals surface area contributed by atoms with Crippen LogP contribution in [0.25, 0.3) is 16.9 Å². The number of alkyl halides is 3. The molecule has 0 fully saturated rings. The van der Waals surface area contributed by atoms with E-state index in [-0.39, 0.29) is 17.4 Å². The fraction of sp³-hybridized carbons (Fsp3) is 0.136. The predicted molar refractivity (Wildman–Crippen MR) is 132 cm³/mol. The van der Waals surface area contributed by atoms with Crippen LogP contribution in [-0.2, 0) is 4.79 Å². The number of hydrogen-bond acceptors (Lipinski definition) is 6. The molecule has 4 aromatic rings. The first-order chi connectivity index (χ1) is 16.6. The van der Waals surface area contributed by atoms with E-state index >= 15 is 0 Å². The molecule has 2 heterocycles. The van der Waals surface area contributed by atoms with Crippen LogP contribution < -0.4 is 10.1 Å². The van der Waals surface area contributed by atoms with Gasteiger partial charge < -0.3 is 10.1 Å². The maximum absolute atomic E-state index is 12.6. The van der Waals surface area contributed by atoms with E-state index in [4.69, 9.17) is 23.2 Å². The number of halogens is 5. The minimum absolute atomic E-state index is 0.0335. The number of hydrogen-bond donors (Lipinski definition) is 1. The number of anilines is 1. The van der Waals surface area contributed by atoms with Crippen molar-refractivity contribution in [3.05, 3.63) is 69.8 Å². The molecule has 0 atom stereocenters. The molecule has 2 aromatic carbocycles. The molecule has 0 spiro atoms. The SMILES string of the molecule is Cc1csc(NC(=O)CSc2ncc(-c3ccc(Cl)c(Cl)c3)n2-c2ccc(OC(F)(F)F)cc2)n1. The van der Waals surface area contributed by atoms with Crippen LogP contribution in [0.2, 0.25) is 10.0 Å². The van der Waals surface area contributed by atoms with Gasteiger partial charge in [-0.05, 0) is 43.3 Å². The van der Waals surface area contributed by atoms with Crippen molar-refractivity contribution in [2.24, 2.45) is 0 Å². The highest BCUT2D eigenvalue weighted by Crippen LogP contribution is 2.34. The third-order valence-electron chi connectivity index (χ3n) is 4.47. The maximum Gasteiger partial charge on any atom is 0.573 e. The maximum atomic E-state index is 12.6. The van der Waals surface area contributed by atoms with E-state index < -0.39 is 6.36 Å². The predicted octanol–water partition coefficient (Wildman–Crippen LogP) is 7.24. The Hall–Kier alpha value is -2.73. The van der Waals surface area contributed by atoms with Crippen LogP contribution in [0.3, 0.4) is 0 Å². The van der Waals surface area contributed by atoms with Crippen LogP contribution >= 0.6 is 46.3 Å². The summed E-state index contributed by atoms with van der Waals surface area (Å²) in [6.45, 7) is 1.83. The van der Waals surface area contributed by atoms with Crippen molar-refractivity contribution in [1.82, 2.24) is 14.5 Å². The summed E-state index contributed by atoms with van der Waals surface area (Å²) in [6.07, 6.45) is -3.21. The fourth-order valence-electron chi connectivity index (χ4n) is 3.04. The van der Waals surface area contributed by atoms with Crippen LogP contribution in [0, 0.1) is 6.92 Å². The highest BCUT2D eigenvalue weighted by atomic mass is 35.5. The highest BCUT2D eigenvalue weighted by molar-refractivity contribution is 7.99. The quantitative estimate of drug-likeness (QED) is 0.242. The second kappa shape index (κ2) is 10.5. The second-order valence-electron chi connectivity index (χ2n) is 7.06. The number of nitrogens with one attached hydrogen (secondary N) is 1. The molecule has 4 rings (SSSR count). The largest absolute Gasteiger partial charge is 0.573 e. The zero-order valence-corrected chi connectivity index (χ0v) is 20.9. The number of amides is 1. The van der Waals surface area contributed by atoms with Gasteiger partial charge in [-0.3, -0.25) is 9.36 Å². The summed E-state index contributed by atoms with van der Waals surface area (Å²) < 4.78 is 43.4. The monoisotopic (exact) mass is 558 g/mol. The molecule has 0 aliphatic rings. The molecule has 1 N–H and O–H groups in total. The van der Waals surface area contributed by atoms with E-state index in [1.54, 1.807) is 29.0 Å². The number of nitrogens with zero attached hydrogens (tertiary/aromatic N) is 3. The molecule has 0 radical (unpaired) electrons. The number of carbonyl (C=O) groups excluding carboxylic acids is 1. The van der Waals surface area contributed by atoms with Crippen molar-refractivity contribution in [3.63, 3.8) is 0 Å². The number of aryl methyl sites for hydroxylation is 1. The molecule has 0 aliphatic carbocycles. The van der Waals surface area contributed by atoms with Gasteiger partial charge in [0.15, 0.2) is 10.3 Å². The minimum atomic E-state index is -4.80. The summed E-state index contributed by atoms with van der Waals surface area (Å²) in [4.78, 5) is 21.1. The topological polar surface area (TPSA) is 69.0 Å². The molecule has 182 valence electrons. The van der Waals surface area contributed by atoms with Gasteiger partial charge in [-0.1, -0.05) is 41.0 Å². The third kappa shape index (κ3) is 6.49. The average Bonchev–Trinajstić information content (AvgIpc) is 3.39. The van der Waals surface area contributed by atoms with Crippen molar-refractivity contribution in [2.75, 3.05) is 11.1 Å². The van der Waals surface area contributed by atoms with Crippen molar-refractivity contribution >= 4 is 57.3 Å². The number of imidazole rings is 1. The zero-order valence-electron chi connectivity index (χ0n) is 17.8. The van der Waals surface area contributed by atoms with Gasteiger partial charge in [0, 0.05) is 16.6 Å². The number of ether oxygens (including phenoxy) is 1. The Kier molecular flexibility index (Phi) is 7.60. The summed E-state index contributed by atoms with van der Waals surface area (Å²) in [6, 6.07) is 10.4. The molecule has 13 heteroatoms. The van der Waals surface area contributed by atoms with E-state index in [0.29, 0.717) is 37.3 Å². The van der Waals surface area contributed by atoms with E-state index in [2.05, 4.69) is 20.0 Å². The molecule has 0 aliphatic heterocycles. The smallest absolute Gasteiger partial charge is 0.406 e. The Bertz CT molecular complexity index is 1360. The Morgan fingerprint density at radius 2 is 1.91 bits per heavy atom. The number of benzene rings is 2. The molecule has 0 bridgehead atoms. The Morgan fingerprint density at radius 1 is 1.17 bits per heavy atom. The van der Waals surface area contributed by atoms with Gasteiger partial charge in [-0.2, -0.15) is 0 Å². The third-order valence-corrected chi connectivity index (χ3v) is 7.04. The molecular formula is C22H15Cl2F3N4O2S2. The van der Waals surface area contributed by atoms with Gasteiger partial charge in [-0.25, -0.2) is 9.97 Å². The molecule has 0 unspecified atom stereocenters. The van der Waals surface area contributed by atoms with Crippen LogP contribution in [0.1, 0.15) is 5.69 Å². The van der Waals surface area contributed by atoms with Crippen LogP contribution in [-0.4, -0.2) is 32.6 Å². The van der Waals surface area contributed by atoms with E-state index in [1.807, 2.05) is 12.3 Å². The van der Waals surface area contributed by atoms with Crippen molar-refractivity contribution in [2.45, 2.75) is 18.4 Å². The number of aromatic nitrogens is 3. The normalized spacial score (nSPS) is 11.5. The summed E-state index contributed by atoms with van der Waals surface area (Å²) in [5, 5.41) is 6.20. The molecule has 2 aromatic heterocycles. The lowest BCUT2D eigenvalue weighted by molar-refractivity contribution is -0.274. The lowest BCUT2D eigenvalue weighted by Gasteiger charge is -2.14. The molecule has 0 saturated carbocycles. The Labute approximate surface area is 216 Å². The van der Waals surface area contributed by atoms with E-state index in [1.165, 1.54) is 35.6 Å².